The van der Waals surface area contributed by atoms with E-state index in [4.69, 9.17) is 10.6 Å². The van der Waals surface area contributed by atoms with Crippen LogP contribution in [-0.4, -0.2) is 23.4 Å². The van der Waals surface area contributed by atoms with E-state index in [1.54, 1.807) is 12.4 Å². The van der Waals surface area contributed by atoms with Crippen molar-refractivity contribution in [2.45, 2.75) is 13.0 Å². The number of rotatable bonds is 5. The van der Waals surface area contributed by atoms with Crippen LogP contribution in [0.1, 0.15) is 18.5 Å². The van der Waals surface area contributed by atoms with Crippen LogP contribution < -0.4 is 11.3 Å². The Morgan fingerprint density at radius 2 is 2.46 bits per heavy atom. The van der Waals surface area contributed by atoms with E-state index in [1.807, 2.05) is 13.0 Å². The molecule has 0 fully saturated rings. The van der Waals surface area contributed by atoms with Gasteiger partial charge in [0.2, 0.25) is 0 Å². The number of nitrogens with two attached hydrogens (primary N) is 1. The summed E-state index contributed by atoms with van der Waals surface area (Å²) in [6, 6.07) is 1.84. The first-order valence-electron chi connectivity index (χ1n) is 4.19. The molecule has 0 aliphatic rings. The molecule has 1 heterocycles. The average molecular weight is 182 g/mol. The predicted molar refractivity (Wildman–Crippen MR) is 48.6 cm³/mol. The smallest absolute Gasteiger partial charge is 0.0710 e. The van der Waals surface area contributed by atoms with E-state index in [-0.39, 0.29) is 6.04 Å². The number of ether oxygens (including phenoxy) is 1. The number of hydrogen-bond acceptors (Lipinski definition) is 5. The summed E-state index contributed by atoms with van der Waals surface area (Å²) < 4.78 is 5.25. The molecule has 1 atom stereocenters. The van der Waals surface area contributed by atoms with E-state index < -0.39 is 0 Å². The SMILES string of the molecule is CCOCC(NN)c1ccnnc1. The van der Waals surface area contributed by atoms with Gasteiger partial charge in [0, 0.05) is 12.8 Å². The molecule has 3 N–H and O–H groups in total. The molecule has 1 aromatic rings. The van der Waals surface area contributed by atoms with Crippen molar-refractivity contribution in [1.82, 2.24) is 15.6 Å². The van der Waals surface area contributed by atoms with Gasteiger partial charge in [0.15, 0.2) is 0 Å². The van der Waals surface area contributed by atoms with Crippen LogP contribution in [0.3, 0.4) is 0 Å². The topological polar surface area (TPSA) is 73.1 Å². The van der Waals surface area contributed by atoms with Crippen LogP contribution in [0, 0.1) is 0 Å². The Balaban J connectivity index is 2.56. The molecule has 0 spiro atoms. The number of nitrogens with one attached hydrogen (secondary N) is 1. The monoisotopic (exact) mass is 182 g/mol. The fourth-order valence-corrected chi connectivity index (χ4v) is 0.983. The highest BCUT2D eigenvalue weighted by atomic mass is 16.5. The average Bonchev–Trinajstić information content (AvgIpc) is 2.21. The predicted octanol–water partition coefficient (Wildman–Crippen LogP) is 0.0175. The van der Waals surface area contributed by atoms with Crippen LogP contribution in [0.15, 0.2) is 18.5 Å². The van der Waals surface area contributed by atoms with Crippen molar-refractivity contribution in [3.05, 3.63) is 24.0 Å². The molecule has 5 heteroatoms. The standard InChI is InChI=1S/C8H14N4O/c1-2-13-6-8(12-9)7-3-4-10-11-5-7/h3-5,8,12H,2,6,9H2,1H3. The molecule has 1 aromatic heterocycles. The molecular formula is C8H14N4O. The molecule has 72 valence electrons. The highest BCUT2D eigenvalue weighted by Gasteiger charge is 2.08. The van der Waals surface area contributed by atoms with Gasteiger partial charge in [-0.05, 0) is 18.6 Å². The molecule has 0 bridgehead atoms. The number of aromatic nitrogens is 2. The Morgan fingerprint density at radius 1 is 1.62 bits per heavy atom. The molecular weight excluding hydrogens is 168 g/mol. The quantitative estimate of drug-likeness (QED) is 0.496. The molecule has 5 nitrogen and oxygen atoms in total. The molecule has 0 aromatic carbocycles. The third-order valence-corrected chi connectivity index (χ3v) is 1.70. The van der Waals surface area contributed by atoms with Crippen LogP contribution in [-0.2, 0) is 4.74 Å². The minimum atomic E-state index is -0.0181. The third kappa shape index (κ3) is 3.06. The van der Waals surface area contributed by atoms with E-state index in [1.165, 1.54) is 0 Å². The van der Waals surface area contributed by atoms with Gasteiger partial charge in [-0.25, -0.2) is 0 Å². The van der Waals surface area contributed by atoms with Crippen molar-refractivity contribution in [3.63, 3.8) is 0 Å². The Bertz CT molecular complexity index is 229. The maximum absolute atomic E-state index is 5.37. The molecule has 13 heavy (non-hydrogen) atoms. The normalized spacial score (nSPS) is 12.8. The van der Waals surface area contributed by atoms with Gasteiger partial charge < -0.3 is 4.74 Å². The summed E-state index contributed by atoms with van der Waals surface area (Å²) in [4.78, 5) is 0. The van der Waals surface area contributed by atoms with Crippen LogP contribution in [0.4, 0.5) is 0 Å². The molecule has 0 amide bonds. The second-order valence-electron chi connectivity index (χ2n) is 2.55. The van der Waals surface area contributed by atoms with Gasteiger partial charge in [-0.2, -0.15) is 10.2 Å². The van der Waals surface area contributed by atoms with E-state index >= 15 is 0 Å². The van der Waals surface area contributed by atoms with Crippen molar-refractivity contribution in [2.75, 3.05) is 13.2 Å². The molecule has 0 saturated heterocycles. The first-order chi connectivity index (χ1) is 6.38. The minimum absolute atomic E-state index is 0.0181. The zero-order chi connectivity index (χ0) is 9.52. The van der Waals surface area contributed by atoms with E-state index in [2.05, 4.69) is 15.6 Å². The molecule has 0 aliphatic carbocycles. The Hall–Kier alpha value is -1.04. The first kappa shape index (κ1) is 10.0. The van der Waals surface area contributed by atoms with Crippen molar-refractivity contribution >= 4 is 0 Å². The first-order valence-corrected chi connectivity index (χ1v) is 4.19. The van der Waals surface area contributed by atoms with Gasteiger partial charge in [0.05, 0.1) is 18.8 Å². The summed E-state index contributed by atoms with van der Waals surface area (Å²) in [6.45, 7) is 3.16. The lowest BCUT2D eigenvalue weighted by molar-refractivity contribution is 0.123. The van der Waals surface area contributed by atoms with Crippen molar-refractivity contribution in [2.24, 2.45) is 5.84 Å². The summed E-state index contributed by atoms with van der Waals surface area (Å²) >= 11 is 0. The second kappa shape index (κ2) is 5.58. The van der Waals surface area contributed by atoms with E-state index in [9.17, 15) is 0 Å². The van der Waals surface area contributed by atoms with Crippen LogP contribution >= 0.6 is 0 Å². The van der Waals surface area contributed by atoms with Gasteiger partial charge in [-0.1, -0.05) is 0 Å². The number of hydrazine groups is 1. The summed E-state index contributed by atoms with van der Waals surface area (Å²) in [5.41, 5.74) is 3.64. The lowest BCUT2D eigenvalue weighted by atomic mass is 10.1. The van der Waals surface area contributed by atoms with Gasteiger partial charge in [-0.15, -0.1) is 0 Å². The molecule has 1 rings (SSSR count). The van der Waals surface area contributed by atoms with Gasteiger partial charge in [0.1, 0.15) is 0 Å². The van der Waals surface area contributed by atoms with E-state index in [0.717, 1.165) is 5.56 Å². The zero-order valence-electron chi connectivity index (χ0n) is 7.60. The Morgan fingerprint density at radius 3 is 3.00 bits per heavy atom. The lowest BCUT2D eigenvalue weighted by Gasteiger charge is -2.14. The number of nitrogens with zero attached hydrogens (tertiary/aromatic N) is 2. The van der Waals surface area contributed by atoms with Gasteiger partial charge in [0.25, 0.3) is 0 Å². The fourth-order valence-electron chi connectivity index (χ4n) is 0.983. The Kier molecular flexibility index (Phi) is 4.31. The Labute approximate surface area is 77.3 Å². The summed E-state index contributed by atoms with van der Waals surface area (Å²) in [5.74, 6) is 5.37. The minimum Gasteiger partial charge on any atom is -0.380 e. The van der Waals surface area contributed by atoms with E-state index in [0.29, 0.717) is 13.2 Å². The van der Waals surface area contributed by atoms with Crippen LogP contribution in [0.2, 0.25) is 0 Å². The fraction of sp³-hybridized carbons (Fsp3) is 0.500. The van der Waals surface area contributed by atoms with Crippen molar-refractivity contribution in [1.29, 1.82) is 0 Å². The highest BCUT2D eigenvalue weighted by molar-refractivity contribution is 5.10. The number of hydrogen-bond donors (Lipinski definition) is 2. The van der Waals surface area contributed by atoms with Gasteiger partial charge >= 0.3 is 0 Å². The summed E-state index contributed by atoms with van der Waals surface area (Å²) in [7, 11) is 0. The second-order valence-corrected chi connectivity index (χ2v) is 2.55. The maximum Gasteiger partial charge on any atom is 0.0710 e. The van der Waals surface area contributed by atoms with Gasteiger partial charge in [-0.3, -0.25) is 11.3 Å². The van der Waals surface area contributed by atoms with Crippen molar-refractivity contribution in [3.8, 4) is 0 Å². The molecule has 0 saturated carbocycles. The highest BCUT2D eigenvalue weighted by Crippen LogP contribution is 2.09. The summed E-state index contributed by atoms with van der Waals surface area (Å²) in [6.07, 6.45) is 3.30. The largest absolute Gasteiger partial charge is 0.380 e. The third-order valence-electron chi connectivity index (χ3n) is 1.70. The van der Waals surface area contributed by atoms with Crippen LogP contribution in [0.25, 0.3) is 0 Å². The summed E-state index contributed by atoms with van der Waals surface area (Å²) in [5, 5.41) is 7.44. The maximum atomic E-state index is 5.37. The molecule has 0 aliphatic heterocycles. The van der Waals surface area contributed by atoms with Crippen molar-refractivity contribution < 1.29 is 4.74 Å². The molecule has 0 radical (unpaired) electrons. The molecule has 1 unspecified atom stereocenters. The zero-order valence-corrected chi connectivity index (χ0v) is 7.60. The lowest BCUT2D eigenvalue weighted by Crippen LogP contribution is -2.31. The van der Waals surface area contributed by atoms with Crippen LogP contribution in [0.5, 0.6) is 0 Å².